The molecule has 0 fully saturated rings. The molecule has 9 heavy (non-hydrogen) atoms. The van der Waals surface area contributed by atoms with Crippen LogP contribution in [0.4, 0.5) is 0 Å². The summed E-state index contributed by atoms with van der Waals surface area (Å²) in [7, 11) is 1.84. The lowest BCUT2D eigenvalue weighted by Crippen LogP contribution is -2.00. The minimum atomic E-state index is 0.901. The van der Waals surface area contributed by atoms with Gasteiger partial charge in [0, 0.05) is 12.7 Å². The largest absolute Gasteiger partial charge is 0.389 e. The van der Waals surface area contributed by atoms with Gasteiger partial charge in [-0.2, -0.15) is 0 Å². The van der Waals surface area contributed by atoms with Crippen molar-refractivity contribution in [3.63, 3.8) is 0 Å². The van der Waals surface area contributed by atoms with Gasteiger partial charge in [-0.25, -0.2) is 0 Å². The maximum atomic E-state index is 3.71. The molecule has 0 aromatic rings. The lowest BCUT2D eigenvalue weighted by molar-refractivity contribution is 1.04. The lowest BCUT2D eigenvalue weighted by Gasteiger charge is -1.94. The van der Waals surface area contributed by atoms with Crippen molar-refractivity contribution in [2.75, 3.05) is 7.05 Å². The van der Waals surface area contributed by atoms with Crippen molar-refractivity contribution in [3.05, 3.63) is 36.6 Å². The molecule has 50 valence electrons. The fourth-order valence-electron chi connectivity index (χ4n) is 0.326. The molecular formula is C8H13N. The molecule has 1 N–H and O–H groups in total. The fraction of sp³-hybridized carbons (Fsp3) is 0.250. The molecule has 0 bridgehead atoms. The summed E-state index contributed by atoms with van der Waals surface area (Å²) < 4.78 is 0. The van der Waals surface area contributed by atoms with Crippen LogP contribution in [0.15, 0.2) is 36.6 Å². The molecule has 0 aliphatic heterocycles. The van der Waals surface area contributed by atoms with E-state index in [2.05, 4.69) is 18.5 Å². The number of hydrogen-bond donors (Lipinski definition) is 1. The maximum absolute atomic E-state index is 3.71. The molecular weight excluding hydrogens is 110 g/mol. The maximum Gasteiger partial charge on any atom is 0.0264 e. The highest BCUT2D eigenvalue weighted by atomic mass is 14.8. The van der Waals surface area contributed by atoms with Crippen molar-refractivity contribution in [3.8, 4) is 0 Å². The van der Waals surface area contributed by atoms with Gasteiger partial charge < -0.3 is 5.32 Å². The van der Waals surface area contributed by atoms with Crippen LogP contribution < -0.4 is 5.32 Å². The Hall–Kier alpha value is -0.980. The van der Waals surface area contributed by atoms with Gasteiger partial charge in [0.15, 0.2) is 0 Å². The second-order valence-electron chi connectivity index (χ2n) is 1.95. The molecule has 1 heteroatoms. The summed E-state index contributed by atoms with van der Waals surface area (Å²) >= 11 is 0. The average molecular weight is 123 g/mol. The Kier molecular flexibility index (Phi) is 3.52. The van der Waals surface area contributed by atoms with Crippen molar-refractivity contribution in [2.24, 2.45) is 0 Å². The third kappa shape index (κ3) is 4.88. The predicted molar refractivity (Wildman–Crippen MR) is 42.2 cm³/mol. The summed E-state index contributed by atoms with van der Waals surface area (Å²) in [6.07, 6.45) is 3.81. The minimum Gasteiger partial charge on any atom is -0.389 e. The van der Waals surface area contributed by atoms with Crippen LogP contribution in [0, 0.1) is 0 Å². The summed E-state index contributed by atoms with van der Waals surface area (Å²) in [6, 6.07) is 0. The molecule has 0 atom stereocenters. The average Bonchev–Trinajstić information content (AvgIpc) is 1.83. The number of rotatable bonds is 3. The van der Waals surface area contributed by atoms with Crippen LogP contribution in [0.2, 0.25) is 0 Å². The summed E-state index contributed by atoms with van der Waals surface area (Å²) in [6.45, 7) is 9.36. The van der Waals surface area contributed by atoms with Crippen LogP contribution in [0.25, 0.3) is 0 Å². The first-order chi connectivity index (χ1) is 4.16. The van der Waals surface area contributed by atoms with Crippen LogP contribution in [-0.2, 0) is 0 Å². The normalized spacial score (nSPS) is 9.56. The number of allylic oxidation sites excluding steroid dienone is 3. The van der Waals surface area contributed by atoms with Crippen molar-refractivity contribution < 1.29 is 0 Å². The zero-order chi connectivity index (χ0) is 7.28. The smallest absolute Gasteiger partial charge is 0.0264 e. The van der Waals surface area contributed by atoms with Gasteiger partial charge in [0.1, 0.15) is 0 Å². The van der Waals surface area contributed by atoms with E-state index in [0.717, 1.165) is 11.3 Å². The van der Waals surface area contributed by atoms with Crippen molar-refractivity contribution >= 4 is 0 Å². The van der Waals surface area contributed by atoms with Crippen LogP contribution >= 0.6 is 0 Å². The monoisotopic (exact) mass is 123 g/mol. The number of likely N-dealkylation sites (N-methyl/N-ethyl adjacent to an activating group) is 1. The standard InChI is InChI=1S/C8H13N/c1-7(2)5-6-8(3)9-4/h5-6,9H,1,3H2,2,4H3/b6-5-. The summed E-state index contributed by atoms with van der Waals surface area (Å²) in [5.74, 6) is 0. The Morgan fingerprint density at radius 1 is 1.33 bits per heavy atom. The molecule has 1 nitrogen and oxygen atoms in total. The highest BCUT2D eigenvalue weighted by molar-refractivity contribution is 5.21. The topological polar surface area (TPSA) is 12.0 Å². The quantitative estimate of drug-likeness (QED) is 0.565. The zero-order valence-corrected chi connectivity index (χ0v) is 6.07. The third-order valence-corrected chi connectivity index (χ3v) is 0.890. The molecule has 0 aromatic heterocycles. The van der Waals surface area contributed by atoms with Gasteiger partial charge in [-0.3, -0.25) is 0 Å². The van der Waals surface area contributed by atoms with Gasteiger partial charge >= 0.3 is 0 Å². The zero-order valence-electron chi connectivity index (χ0n) is 6.07. The van der Waals surface area contributed by atoms with E-state index in [1.54, 1.807) is 0 Å². The van der Waals surface area contributed by atoms with E-state index in [1.165, 1.54) is 0 Å². The lowest BCUT2D eigenvalue weighted by atomic mass is 10.3. The Morgan fingerprint density at radius 2 is 1.89 bits per heavy atom. The van der Waals surface area contributed by atoms with Gasteiger partial charge in [0.25, 0.3) is 0 Å². The van der Waals surface area contributed by atoms with E-state index >= 15 is 0 Å². The molecule has 0 saturated heterocycles. The highest BCUT2D eigenvalue weighted by Crippen LogP contribution is 1.92. The molecule has 0 aromatic carbocycles. The van der Waals surface area contributed by atoms with E-state index in [9.17, 15) is 0 Å². The minimum absolute atomic E-state index is 0.901. The van der Waals surface area contributed by atoms with Crippen molar-refractivity contribution in [1.29, 1.82) is 0 Å². The first kappa shape index (κ1) is 8.02. The Labute approximate surface area is 56.8 Å². The van der Waals surface area contributed by atoms with Crippen molar-refractivity contribution in [1.82, 2.24) is 5.32 Å². The predicted octanol–water partition coefficient (Wildman–Crippen LogP) is 1.85. The fourth-order valence-corrected chi connectivity index (χ4v) is 0.326. The second kappa shape index (κ2) is 3.96. The molecule has 0 aliphatic rings. The van der Waals surface area contributed by atoms with Gasteiger partial charge in [-0.15, -0.1) is 0 Å². The van der Waals surface area contributed by atoms with Crippen LogP contribution in [0.5, 0.6) is 0 Å². The number of nitrogens with one attached hydrogen (secondary N) is 1. The van der Waals surface area contributed by atoms with Gasteiger partial charge in [-0.05, 0) is 13.0 Å². The van der Waals surface area contributed by atoms with E-state index in [0.29, 0.717) is 0 Å². The molecule has 0 spiro atoms. The molecule has 0 amide bonds. The number of hydrogen-bond acceptors (Lipinski definition) is 1. The van der Waals surface area contributed by atoms with Crippen LogP contribution in [-0.4, -0.2) is 7.05 Å². The molecule has 0 radical (unpaired) electrons. The third-order valence-electron chi connectivity index (χ3n) is 0.890. The Morgan fingerprint density at radius 3 is 2.22 bits per heavy atom. The molecule has 0 aliphatic carbocycles. The molecule has 0 saturated carbocycles. The Balaban J connectivity index is 3.71. The summed E-state index contributed by atoms with van der Waals surface area (Å²) in [5.41, 5.74) is 1.93. The van der Waals surface area contributed by atoms with Gasteiger partial charge in [-0.1, -0.05) is 24.8 Å². The SMILES string of the molecule is C=C(C)/C=C\C(=C)NC. The van der Waals surface area contributed by atoms with Crippen LogP contribution in [0.1, 0.15) is 6.92 Å². The first-order valence-corrected chi connectivity index (χ1v) is 2.87. The Bertz CT molecular complexity index is 143. The second-order valence-corrected chi connectivity index (χ2v) is 1.95. The molecule has 0 rings (SSSR count). The summed E-state index contributed by atoms with van der Waals surface area (Å²) in [4.78, 5) is 0. The molecule has 0 unspecified atom stereocenters. The van der Waals surface area contributed by atoms with Crippen molar-refractivity contribution in [2.45, 2.75) is 6.92 Å². The van der Waals surface area contributed by atoms with Gasteiger partial charge in [0.05, 0.1) is 0 Å². The first-order valence-electron chi connectivity index (χ1n) is 2.87. The van der Waals surface area contributed by atoms with Gasteiger partial charge in [0.2, 0.25) is 0 Å². The van der Waals surface area contributed by atoms with E-state index in [1.807, 2.05) is 26.1 Å². The van der Waals surface area contributed by atoms with E-state index < -0.39 is 0 Å². The summed E-state index contributed by atoms with van der Waals surface area (Å²) in [5, 5.41) is 2.90. The van der Waals surface area contributed by atoms with E-state index in [-0.39, 0.29) is 0 Å². The van der Waals surface area contributed by atoms with E-state index in [4.69, 9.17) is 0 Å². The molecule has 0 heterocycles. The highest BCUT2D eigenvalue weighted by Gasteiger charge is 1.77. The van der Waals surface area contributed by atoms with Crippen LogP contribution in [0.3, 0.4) is 0 Å².